The lowest BCUT2D eigenvalue weighted by atomic mass is 9.96. The number of hydrogen-bond donors (Lipinski definition) is 1. The summed E-state index contributed by atoms with van der Waals surface area (Å²) in [6.07, 6.45) is 2.76. The Balaban J connectivity index is 1.49. The second-order valence-corrected chi connectivity index (χ2v) is 10.7. The van der Waals surface area contributed by atoms with Crippen molar-refractivity contribution in [3.8, 4) is 0 Å². The molecule has 1 unspecified atom stereocenters. The zero-order valence-corrected chi connectivity index (χ0v) is 19.9. The Labute approximate surface area is 186 Å². The zero-order chi connectivity index (χ0) is 21.9. The minimum atomic E-state index is -3.65. The van der Waals surface area contributed by atoms with Crippen LogP contribution >= 0.6 is 15.9 Å². The van der Waals surface area contributed by atoms with Crippen LogP contribution in [0.1, 0.15) is 43.2 Å². The Morgan fingerprint density at radius 2 is 1.90 bits per heavy atom. The molecule has 0 aliphatic carbocycles. The van der Waals surface area contributed by atoms with Gasteiger partial charge in [0.25, 0.3) is 0 Å². The number of benzene rings is 1. The Bertz CT molecular complexity index is 961. The van der Waals surface area contributed by atoms with Crippen molar-refractivity contribution in [1.29, 1.82) is 0 Å². The highest BCUT2D eigenvalue weighted by atomic mass is 79.9. The Hall–Kier alpha value is -1.71. The summed E-state index contributed by atoms with van der Waals surface area (Å²) in [4.78, 5) is 12.8. The molecule has 1 N–H and O–H groups in total. The van der Waals surface area contributed by atoms with E-state index in [1.165, 1.54) is 9.87 Å². The van der Waals surface area contributed by atoms with Gasteiger partial charge in [0.15, 0.2) is 5.76 Å². The van der Waals surface area contributed by atoms with Crippen molar-refractivity contribution in [2.24, 2.45) is 5.92 Å². The number of rotatable bonds is 7. The van der Waals surface area contributed by atoms with E-state index in [0.717, 1.165) is 17.3 Å². The summed E-state index contributed by atoms with van der Waals surface area (Å²) in [5, 5.41) is 6.84. The van der Waals surface area contributed by atoms with Crippen molar-refractivity contribution in [2.45, 2.75) is 57.4 Å². The lowest BCUT2D eigenvalue weighted by Gasteiger charge is -2.31. The summed E-state index contributed by atoms with van der Waals surface area (Å²) in [6, 6.07) is 8.25. The Morgan fingerprint density at radius 1 is 1.27 bits per heavy atom. The largest absolute Gasteiger partial charge is 0.360 e. The number of carbonyl (C=O) groups is 1. The van der Waals surface area contributed by atoms with E-state index in [-0.39, 0.29) is 22.8 Å². The van der Waals surface area contributed by atoms with Crippen molar-refractivity contribution in [2.75, 3.05) is 13.1 Å². The molecule has 7 nitrogen and oxygen atoms in total. The first kappa shape index (κ1) is 23.0. The average molecular weight is 498 g/mol. The molecule has 1 aliphatic heterocycles. The first-order valence-electron chi connectivity index (χ1n) is 10.2. The van der Waals surface area contributed by atoms with Crippen molar-refractivity contribution in [1.82, 2.24) is 14.8 Å². The van der Waals surface area contributed by atoms with E-state index in [1.807, 2.05) is 19.1 Å². The minimum absolute atomic E-state index is 0.00712. The third-order valence-corrected chi connectivity index (χ3v) is 8.23. The molecule has 3 rings (SSSR count). The minimum Gasteiger partial charge on any atom is -0.360 e. The highest BCUT2D eigenvalue weighted by Gasteiger charge is 2.35. The summed E-state index contributed by atoms with van der Waals surface area (Å²) in [7, 11) is -3.65. The molecule has 1 saturated heterocycles. The molecule has 0 bridgehead atoms. The normalized spacial score (nSPS) is 17.1. The third-order valence-electron chi connectivity index (χ3n) is 5.56. The summed E-state index contributed by atoms with van der Waals surface area (Å²) < 4.78 is 33.3. The maximum Gasteiger partial charge on any atom is 0.248 e. The van der Waals surface area contributed by atoms with Gasteiger partial charge in [0, 0.05) is 29.5 Å². The predicted molar refractivity (Wildman–Crippen MR) is 118 cm³/mol. The number of sulfonamides is 1. The molecule has 0 spiro atoms. The van der Waals surface area contributed by atoms with Crippen molar-refractivity contribution in [3.05, 3.63) is 45.8 Å². The standard InChI is InChI=1S/C21H28BrN3O4S/c1-14(4-5-17-6-8-19(22)9-7-17)23-21(26)18-10-12-25(13-11-18)30(27,28)20-15(2)24-29-16(20)3/h6-9,14,18H,4-5,10-13H2,1-3H3,(H,23,26). The molecule has 1 aliphatic rings. The van der Waals surface area contributed by atoms with Gasteiger partial charge in [-0.15, -0.1) is 0 Å². The van der Waals surface area contributed by atoms with Crippen LogP contribution in [0.3, 0.4) is 0 Å². The Morgan fingerprint density at radius 3 is 2.47 bits per heavy atom. The molecule has 2 aromatic rings. The van der Waals surface area contributed by atoms with E-state index in [0.29, 0.717) is 37.4 Å². The van der Waals surface area contributed by atoms with Gasteiger partial charge < -0.3 is 9.84 Å². The van der Waals surface area contributed by atoms with Crippen LogP contribution in [0, 0.1) is 19.8 Å². The number of aromatic nitrogens is 1. The number of halogens is 1. The first-order chi connectivity index (χ1) is 14.2. The molecule has 1 aromatic heterocycles. The molecule has 164 valence electrons. The average Bonchev–Trinajstić information content (AvgIpc) is 3.06. The second-order valence-electron chi connectivity index (χ2n) is 7.91. The first-order valence-corrected chi connectivity index (χ1v) is 12.4. The van der Waals surface area contributed by atoms with Crippen LogP contribution < -0.4 is 5.32 Å². The molecule has 0 saturated carbocycles. The Kier molecular flexibility index (Phi) is 7.36. The van der Waals surface area contributed by atoms with Crippen LogP contribution in [-0.2, 0) is 21.2 Å². The number of carbonyl (C=O) groups excluding carboxylic acids is 1. The summed E-state index contributed by atoms with van der Waals surface area (Å²) >= 11 is 3.43. The van der Waals surface area contributed by atoms with E-state index in [1.54, 1.807) is 13.8 Å². The quantitative estimate of drug-likeness (QED) is 0.630. The van der Waals surface area contributed by atoms with Crippen LogP contribution in [0.15, 0.2) is 38.2 Å². The zero-order valence-electron chi connectivity index (χ0n) is 17.5. The molecular weight excluding hydrogens is 470 g/mol. The van der Waals surface area contributed by atoms with Crippen LogP contribution in [0.2, 0.25) is 0 Å². The smallest absolute Gasteiger partial charge is 0.248 e. The SMILES string of the molecule is Cc1noc(C)c1S(=O)(=O)N1CCC(C(=O)NC(C)CCc2ccc(Br)cc2)CC1. The van der Waals surface area contributed by atoms with E-state index in [9.17, 15) is 13.2 Å². The molecule has 2 heterocycles. The van der Waals surface area contributed by atoms with Crippen LogP contribution in [0.4, 0.5) is 0 Å². The fraction of sp³-hybridized carbons (Fsp3) is 0.524. The maximum absolute atomic E-state index is 12.9. The molecular formula is C21H28BrN3O4S. The lowest BCUT2D eigenvalue weighted by Crippen LogP contribution is -2.45. The van der Waals surface area contributed by atoms with Gasteiger partial charge in [-0.2, -0.15) is 4.31 Å². The van der Waals surface area contributed by atoms with Gasteiger partial charge in [-0.25, -0.2) is 8.42 Å². The number of aryl methyl sites for hydroxylation is 3. The monoisotopic (exact) mass is 497 g/mol. The molecule has 9 heteroatoms. The third kappa shape index (κ3) is 5.31. The van der Waals surface area contributed by atoms with Crippen LogP contribution in [0.25, 0.3) is 0 Å². The molecule has 1 amide bonds. The van der Waals surface area contributed by atoms with Crippen LogP contribution in [-0.4, -0.2) is 42.9 Å². The summed E-state index contributed by atoms with van der Waals surface area (Å²) in [5.74, 6) is 0.135. The van der Waals surface area contributed by atoms with Crippen LogP contribution in [0.5, 0.6) is 0 Å². The van der Waals surface area contributed by atoms with E-state index in [4.69, 9.17) is 4.52 Å². The van der Waals surface area contributed by atoms with Gasteiger partial charge in [0.1, 0.15) is 10.6 Å². The highest BCUT2D eigenvalue weighted by molar-refractivity contribution is 9.10. The number of piperidine rings is 1. The van der Waals surface area contributed by atoms with Crippen molar-refractivity contribution in [3.63, 3.8) is 0 Å². The molecule has 0 radical (unpaired) electrons. The van der Waals surface area contributed by atoms with E-state index >= 15 is 0 Å². The summed E-state index contributed by atoms with van der Waals surface area (Å²) in [5.41, 5.74) is 1.60. The predicted octanol–water partition coefficient (Wildman–Crippen LogP) is 3.59. The van der Waals surface area contributed by atoms with E-state index < -0.39 is 10.0 Å². The van der Waals surface area contributed by atoms with Crippen molar-refractivity contribution >= 4 is 31.9 Å². The topological polar surface area (TPSA) is 92.5 Å². The van der Waals surface area contributed by atoms with Gasteiger partial charge in [0.05, 0.1) is 0 Å². The van der Waals surface area contributed by atoms with Gasteiger partial charge in [-0.05, 0) is 64.2 Å². The van der Waals surface area contributed by atoms with Gasteiger partial charge >= 0.3 is 0 Å². The fourth-order valence-electron chi connectivity index (χ4n) is 3.80. The highest BCUT2D eigenvalue weighted by Crippen LogP contribution is 2.27. The molecule has 1 atom stereocenters. The molecule has 1 aromatic carbocycles. The number of hydrogen-bond acceptors (Lipinski definition) is 5. The van der Waals surface area contributed by atoms with Gasteiger partial charge in [-0.3, -0.25) is 4.79 Å². The second kappa shape index (κ2) is 9.62. The molecule has 1 fully saturated rings. The van der Waals surface area contributed by atoms with E-state index in [2.05, 4.69) is 38.5 Å². The number of nitrogens with zero attached hydrogens (tertiary/aromatic N) is 2. The lowest BCUT2D eigenvalue weighted by molar-refractivity contribution is -0.126. The van der Waals surface area contributed by atoms with Gasteiger partial charge in [0.2, 0.25) is 15.9 Å². The number of amides is 1. The molecule has 30 heavy (non-hydrogen) atoms. The van der Waals surface area contributed by atoms with Crippen molar-refractivity contribution < 1.29 is 17.7 Å². The number of nitrogens with one attached hydrogen (secondary N) is 1. The summed E-state index contributed by atoms with van der Waals surface area (Å²) in [6.45, 7) is 5.87. The maximum atomic E-state index is 12.9. The van der Waals surface area contributed by atoms with Gasteiger partial charge in [-0.1, -0.05) is 33.2 Å². The fourth-order valence-corrected chi connectivity index (χ4v) is 5.82.